The summed E-state index contributed by atoms with van der Waals surface area (Å²) in [6.07, 6.45) is 1.61. The van der Waals surface area contributed by atoms with Crippen LogP contribution in [0.25, 0.3) is 38.0 Å². The number of hydrogen-bond donors (Lipinski definition) is 0. The van der Waals surface area contributed by atoms with Gasteiger partial charge in [0.15, 0.2) is 4.96 Å². The molecule has 0 aliphatic heterocycles. The lowest BCUT2D eigenvalue weighted by molar-refractivity contribution is 1.12. The number of fused-ring (bicyclic) bond motifs is 4. The second kappa shape index (κ2) is 5.62. The molecule has 5 aromatic rings. The van der Waals surface area contributed by atoms with Gasteiger partial charge >= 0.3 is 0 Å². The first-order chi connectivity index (χ1) is 12.6. The Balaban J connectivity index is 1.93. The molecule has 0 fully saturated rings. The molecule has 0 aliphatic rings. The molecule has 26 heavy (non-hydrogen) atoms. The quantitative estimate of drug-likeness (QED) is 0.382. The molecule has 0 saturated heterocycles. The first-order valence-electron chi connectivity index (χ1n) is 8.08. The normalized spacial score (nSPS) is 11.6. The maximum atomic E-state index is 13.2. The number of thiazole rings is 1. The summed E-state index contributed by atoms with van der Waals surface area (Å²) in [5, 5.41) is 3.98. The predicted octanol–water partition coefficient (Wildman–Crippen LogP) is 5.09. The van der Waals surface area contributed by atoms with Crippen LogP contribution < -0.4 is 5.56 Å². The summed E-state index contributed by atoms with van der Waals surface area (Å²) in [4.78, 5) is 23.1. The highest BCUT2D eigenvalue weighted by Gasteiger charge is 2.15. The van der Waals surface area contributed by atoms with Gasteiger partial charge in [0, 0.05) is 22.0 Å². The van der Waals surface area contributed by atoms with E-state index in [1.54, 1.807) is 10.6 Å². The van der Waals surface area contributed by atoms with Gasteiger partial charge in [-0.1, -0.05) is 41.9 Å². The smallest absolute Gasteiger partial charge is 0.268 e. The van der Waals surface area contributed by atoms with Gasteiger partial charge in [0.25, 0.3) is 5.56 Å². The van der Waals surface area contributed by atoms with Crippen LogP contribution in [0.15, 0.2) is 58.8 Å². The molecule has 0 amide bonds. The van der Waals surface area contributed by atoms with Gasteiger partial charge in [-0.2, -0.15) is 0 Å². The third-order valence-corrected chi connectivity index (χ3v) is 5.85. The molecule has 0 unspecified atom stereocenters. The van der Waals surface area contributed by atoms with Crippen molar-refractivity contribution in [3.63, 3.8) is 0 Å². The summed E-state index contributed by atoms with van der Waals surface area (Å²) in [6, 6.07) is 13.6. The van der Waals surface area contributed by atoms with E-state index >= 15 is 0 Å². The predicted molar refractivity (Wildman–Crippen MR) is 107 cm³/mol. The van der Waals surface area contributed by atoms with Crippen molar-refractivity contribution >= 4 is 49.7 Å². The first kappa shape index (κ1) is 15.5. The standard InChI is InChI=1S/C20H12ClN3OS/c1-11-15(21)8-7-13-17(11)22-9-14-18(13)23-20-24(19(14)25)16(10-26-20)12-5-3-2-4-6-12/h2-10H,1H3. The van der Waals surface area contributed by atoms with Gasteiger partial charge in [-0.25, -0.2) is 4.98 Å². The number of hydrogen-bond acceptors (Lipinski definition) is 4. The fraction of sp³-hybridized carbons (Fsp3) is 0.0500. The van der Waals surface area contributed by atoms with E-state index in [-0.39, 0.29) is 5.56 Å². The zero-order valence-corrected chi connectivity index (χ0v) is 15.3. The third kappa shape index (κ3) is 2.11. The molecule has 4 nitrogen and oxygen atoms in total. The summed E-state index contributed by atoms with van der Waals surface area (Å²) in [6.45, 7) is 1.92. The van der Waals surface area contributed by atoms with Crippen molar-refractivity contribution in [3.8, 4) is 11.3 Å². The molecule has 2 aromatic carbocycles. The molecule has 0 atom stereocenters. The van der Waals surface area contributed by atoms with E-state index in [0.29, 0.717) is 20.9 Å². The van der Waals surface area contributed by atoms with E-state index in [4.69, 9.17) is 16.6 Å². The van der Waals surface area contributed by atoms with Crippen molar-refractivity contribution in [2.24, 2.45) is 0 Å². The second-order valence-electron chi connectivity index (χ2n) is 6.11. The van der Waals surface area contributed by atoms with Crippen molar-refractivity contribution in [3.05, 3.63) is 75.0 Å². The Morgan fingerprint density at radius 3 is 2.65 bits per heavy atom. The summed E-state index contributed by atoms with van der Waals surface area (Å²) in [7, 11) is 0. The molecular formula is C20H12ClN3OS. The van der Waals surface area contributed by atoms with Crippen LogP contribution in [-0.2, 0) is 0 Å². The minimum atomic E-state index is -0.105. The SMILES string of the molecule is Cc1c(Cl)ccc2c1ncc1c(=O)n3c(-c4ccccc4)csc3nc12. The monoisotopic (exact) mass is 377 g/mol. The van der Waals surface area contributed by atoms with Crippen LogP contribution in [0.4, 0.5) is 0 Å². The molecule has 0 N–H and O–H groups in total. The van der Waals surface area contributed by atoms with Gasteiger partial charge in [-0.3, -0.25) is 14.2 Å². The van der Waals surface area contributed by atoms with E-state index in [1.165, 1.54) is 11.3 Å². The maximum absolute atomic E-state index is 13.2. The Kier molecular flexibility index (Phi) is 3.35. The molecule has 0 spiro atoms. The Morgan fingerprint density at radius 2 is 1.85 bits per heavy atom. The van der Waals surface area contributed by atoms with E-state index in [2.05, 4.69) is 4.98 Å². The van der Waals surface area contributed by atoms with Crippen molar-refractivity contribution < 1.29 is 0 Å². The fourth-order valence-electron chi connectivity index (χ4n) is 3.26. The number of aryl methyl sites for hydroxylation is 1. The molecule has 5 rings (SSSR count). The third-order valence-electron chi connectivity index (χ3n) is 4.62. The number of rotatable bonds is 1. The Hall–Kier alpha value is -2.76. The van der Waals surface area contributed by atoms with Crippen LogP contribution in [0.3, 0.4) is 0 Å². The number of benzene rings is 2. The summed E-state index contributed by atoms with van der Waals surface area (Å²) in [5.41, 5.74) is 4.06. The van der Waals surface area contributed by atoms with Gasteiger partial charge in [0.1, 0.15) is 0 Å². The highest BCUT2D eigenvalue weighted by Crippen LogP contribution is 2.30. The topological polar surface area (TPSA) is 47.3 Å². The van der Waals surface area contributed by atoms with Crippen molar-refractivity contribution in [2.45, 2.75) is 6.92 Å². The highest BCUT2D eigenvalue weighted by atomic mass is 35.5. The number of aromatic nitrogens is 3. The lowest BCUT2D eigenvalue weighted by atomic mass is 10.1. The summed E-state index contributed by atoms with van der Waals surface area (Å²) < 4.78 is 1.67. The van der Waals surface area contributed by atoms with Crippen LogP contribution in [0, 0.1) is 6.92 Å². The van der Waals surface area contributed by atoms with Crippen molar-refractivity contribution in [1.29, 1.82) is 0 Å². The Bertz CT molecular complexity index is 1370. The lowest BCUT2D eigenvalue weighted by Crippen LogP contribution is -2.15. The number of halogens is 1. The van der Waals surface area contributed by atoms with Crippen LogP contribution in [0.2, 0.25) is 5.02 Å². The zero-order chi connectivity index (χ0) is 17.8. The van der Waals surface area contributed by atoms with Gasteiger partial charge < -0.3 is 0 Å². The second-order valence-corrected chi connectivity index (χ2v) is 7.35. The van der Waals surface area contributed by atoms with E-state index < -0.39 is 0 Å². The Labute approximate surface area is 157 Å². The van der Waals surface area contributed by atoms with Gasteiger partial charge in [-0.05, 0) is 30.2 Å². The van der Waals surface area contributed by atoms with E-state index in [0.717, 1.165) is 27.7 Å². The molecule has 0 aliphatic carbocycles. The molecule has 3 heterocycles. The Morgan fingerprint density at radius 1 is 1.04 bits per heavy atom. The van der Waals surface area contributed by atoms with Crippen LogP contribution in [-0.4, -0.2) is 14.4 Å². The summed E-state index contributed by atoms with van der Waals surface area (Å²) in [5.74, 6) is 0. The molecule has 126 valence electrons. The van der Waals surface area contributed by atoms with Crippen molar-refractivity contribution in [2.75, 3.05) is 0 Å². The maximum Gasteiger partial charge on any atom is 0.268 e. The van der Waals surface area contributed by atoms with E-state index in [9.17, 15) is 4.79 Å². The molecular weight excluding hydrogens is 366 g/mol. The van der Waals surface area contributed by atoms with Gasteiger partial charge in [0.2, 0.25) is 0 Å². The average Bonchev–Trinajstić information content (AvgIpc) is 3.10. The van der Waals surface area contributed by atoms with Crippen LogP contribution in [0.1, 0.15) is 5.56 Å². The van der Waals surface area contributed by atoms with Crippen LogP contribution >= 0.6 is 22.9 Å². The average molecular weight is 378 g/mol. The molecule has 0 saturated carbocycles. The van der Waals surface area contributed by atoms with Crippen LogP contribution in [0.5, 0.6) is 0 Å². The summed E-state index contributed by atoms with van der Waals surface area (Å²) >= 11 is 7.67. The molecule has 0 radical (unpaired) electrons. The zero-order valence-electron chi connectivity index (χ0n) is 13.7. The number of nitrogens with zero attached hydrogens (tertiary/aromatic N) is 3. The highest BCUT2D eigenvalue weighted by molar-refractivity contribution is 7.15. The first-order valence-corrected chi connectivity index (χ1v) is 9.34. The molecule has 6 heteroatoms. The minimum Gasteiger partial charge on any atom is -0.268 e. The van der Waals surface area contributed by atoms with Gasteiger partial charge in [-0.15, -0.1) is 11.3 Å². The minimum absolute atomic E-state index is 0.105. The fourth-order valence-corrected chi connectivity index (χ4v) is 4.30. The van der Waals surface area contributed by atoms with E-state index in [1.807, 2.05) is 54.8 Å². The lowest BCUT2D eigenvalue weighted by Gasteiger charge is -2.07. The molecule has 0 bridgehead atoms. The molecule has 3 aromatic heterocycles. The van der Waals surface area contributed by atoms with Crippen molar-refractivity contribution in [1.82, 2.24) is 14.4 Å². The van der Waals surface area contributed by atoms with Gasteiger partial charge in [0.05, 0.1) is 22.1 Å². The number of pyridine rings is 1. The largest absolute Gasteiger partial charge is 0.268 e.